The van der Waals surface area contributed by atoms with Crippen molar-refractivity contribution in [3.05, 3.63) is 23.3 Å². The van der Waals surface area contributed by atoms with E-state index in [-0.39, 0.29) is 11.1 Å². The Bertz CT molecular complexity index is 333. The van der Waals surface area contributed by atoms with Crippen LogP contribution in [-0.4, -0.2) is 12.1 Å². The summed E-state index contributed by atoms with van der Waals surface area (Å²) in [6, 6.07) is 0. The monoisotopic (exact) mass is 269 g/mol. The largest absolute Gasteiger partial charge is 0.496 e. The van der Waals surface area contributed by atoms with Gasteiger partial charge in [-0.1, -0.05) is 15.9 Å². The summed E-state index contributed by atoms with van der Waals surface area (Å²) in [5, 5.41) is 0.281. The second-order valence-corrected chi connectivity index (χ2v) is 3.02. The highest BCUT2D eigenvalue weighted by atomic mass is 79.9. The Balaban J connectivity index is 3.35. The van der Waals surface area contributed by atoms with E-state index in [1.54, 1.807) is 0 Å². The number of halogens is 4. The van der Waals surface area contributed by atoms with E-state index in [0.29, 0.717) is 5.56 Å². The number of rotatable bonds is 3. The van der Waals surface area contributed by atoms with Gasteiger partial charge in [-0.05, 0) is 0 Å². The summed E-state index contributed by atoms with van der Waals surface area (Å²) in [5.41, 5.74) is -0.395. The summed E-state index contributed by atoms with van der Waals surface area (Å²) in [5.74, 6) is -1.34. The molecule has 6 heteroatoms. The molecule has 0 fully saturated rings. The van der Waals surface area contributed by atoms with Gasteiger partial charge in [-0.2, -0.15) is 4.39 Å². The number of hydrogen-bond acceptors (Lipinski definition) is 2. The van der Waals surface area contributed by atoms with Gasteiger partial charge >= 0.3 is 0 Å². The van der Waals surface area contributed by atoms with E-state index >= 15 is 0 Å². The number of alkyl halides is 3. The average molecular weight is 270 g/mol. The van der Waals surface area contributed by atoms with Gasteiger partial charge in [0.25, 0.3) is 6.43 Å². The maximum Gasteiger partial charge on any atom is 0.271 e. The second kappa shape index (κ2) is 4.63. The third kappa shape index (κ3) is 2.00. The summed E-state index contributed by atoms with van der Waals surface area (Å²) in [6.07, 6.45) is -1.77. The highest BCUT2D eigenvalue weighted by molar-refractivity contribution is 9.08. The molecular weight excluding hydrogens is 263 g/mol. The zero-order valence-electron chi connectivity index (χ0n) is 7.23. The lowest BCUT2D eigenvalue weighted by molar-refractivity contribution is 0.140. The summed E-state index contributed by atoms with van der Waals surface area (Å²) in [7, 11) is 1.22. The van der Waals surface area contributed by atoms with Gasteiger partial charge in [0, 0.05) is 17.1 Å². The minimum Gasteiger partial charge on any atom is -0.496 e. The van der Waals surface area contributed by atoms with Crippen LogP contribution in [0.2, 0.25) is 0 Å². The molecule has 0 amide bonds. The minimum absolute atomic E-state index is 0.149. The Hall–Kier alpha value is -0.780. The molecule has 0 aliphatic rings. The number of nitrogens with zero attached hydrogens (tertiary/aromatic N) is 1. The van der Waals surface area contributed by atoms with E-state index in [0.717, 1.165) is 6.20 Å². The van der Waals surface area contributed by atoms with Crippen LogP contribution in [0.3, 0.4) is 0 Å². The van der Waals surface area contributed by atoms with Crippen molar-refractivity contribution < 1.29 is 17.9 Å². The zero-order chi connectivity index (χ0) is 10.7. The van der Waals surface area contributed by atoms with Crippen molar-refractivity contribution in [1.29, 1.82) is 0 Å². The van der Waals surface area contributed by atoms with Crippen LogP contribution >= 0.6 is 15.9 Å². The molecule has 2 nitrogen and oxygen atoms in total. The standard InChI is InChI=1S/C8H7BrF3NO/c1-14-6-4(2-9)3-13-8(12)5(6)7(10)11/h3,7H,2H2,1H3. The molecule has 0 aliphatic heterocycles. The first-order chi connectivity index (χ1) is 6.61. The summed E-state index contributed by atoms with van der Waals surface area (Å²) in [4.78, 5) is 3.22. The molecule has 78 valence electrons. The van der Waals surface area contributed by atoms with Crippen molar-refractivity contribution in [2.45, 2.75) is 11.8 Å². The van der Waals surface area contributed by atoms with Gasteiger partial charge in [-0.15, -0.1) is 0 Å². The van der Waals surface area contributed by atoms with E-state index in [2.05, 4.69) is 20.9 Å². The van der Waals surface area contributed by atoms with Crippen molar-refractivity contribution in [2.24, 2.45) is 0 Å². The van der Waals surface area contributed by atoms with Crippen LogP contribution in [0.1, 0.15) is 17.6 Å². The molecule has 0 atom stereocenters. The van der Waals surface area contributed by atoms with Gasteiger partial charge < -0.3 is 4.74 Å². The second-order valence-electron chi connectivity index (χ2n) is 2.46. The van der Waals surface area contributed by atoms with Gasteiger partial charge in [0.2, 0.25) is 5.95 Å². The van der Waals surface area contributed by atoms with Crippen LogP contribution in [0.25, 0.3) is 0 Å². The van der Waals surface area contributed by atoms with Gasteiger partial charge in [-0.3, -0.25) is 0 Å². The van der Waals surface area contributed by atoms with Crippen LogP contribution < -0.4 is 4.74 Å². The van der Waals surface area contributed by atoms with Crippen molar-refractivity contribution >= 4 is 15.9 Å². The van der Waals surface area contributed by atoms with Crippen LogP contribution in [0.4, 0.5) is 13.2 Å². The Labute approximate surface area is 87.2 Å². The molecule has 0 N–H and O–H groups in total. The van der Waals surface area contributed by atoms with Crippen molar-refractivity contribution in [2.75, 3.05) is 7.11 Å². The molecule has 0 saturated heterocycles. The number of pyridine rings is 1. The third-order valence-electron chi connectivity index (χ3n) is 1.66. The van der Waals surface area contributed by atoms with Crippen molar-refractivity contribution in [1.82, 2.24) is 4.98 Å². The molecule has 1 heterocycles. The molecule has 1 aromatic rings. The first-order valence-electron chi connectivity index (χ1n) is 3.67. The highest BCUT2D eigenvalue weighted by Gasteiger charge is 2.22. The van der Waals surface area contributed by atoms with E-state index < -0.39 is 17.9 Å². The van der Waals surface area contributed by atoms with Gasteiger partial charge in [0.1, 0.15) is 11.3 Å². The van der Waals surface area contributed by atoms with Crippen LogP contribution in [0.15, 0.2) is 6.20 Å². The first-order valence-corrected chi connectivity index (χ1v) is 4.79. The molecular formula is C8H7BrF3NO. The number of hydrogen-bond donors (Lipinski definition) is 0. The maximum atomic E-state index is 12.9. The van der Waals surface area contributed by atoms with Crippen LogP contribution in [-0.2, 0) is 5.33 Å². The van der Waals surface area contributed by atoms with E-state index in [9.17, 15) is 13.2 Å². The minimum atomic E-state index is -2.93. The summed E-state index contributed by atoms with van der Waals surface area (Å²) >= 11 is 3.07. The third-order valence-corrected chi connectivity index (χ3v) is 2.26. The first kappa shape index (κ1) is 11.3. The Morgan fingerprint density at radius 2 is 2.21 bits per heavy atom. The fraction of sp³-hybridized carbons (Fsp3) is 0.375. The van der Waals surface area contributed by atoms with E-state index in [1.165, 1.54) is 7.11 Å². The van der Waals surface area contributed by atoms with E-state index in [4.69, 9.17) is 4.74 Å². The summed E-state index contributed by atoms with van der Waals surface area (Å²) in [6.45, 7) is 0. The molecule has 0 aliphatic carbocycles. The quantitative estimate of drug-likeness (QED) is 0.622. The lowest BCUT2D eigenvalue weighted by Gasteiger charge is -2.11. The fourth-order valence-corrected chi connectivity index (χ4v) is 1.45. The molecule has 0 unspecified atom stereocenters. The number of methoxy groups -OCH3 is 1. The average Bonchev–Trinajstić information content (AvgIpc) is 2.16. The van der Waals surface area contributed by atoms with Gasteiger partial charge in [0.05, 0.1) is 7.11 Å². The van der Waals surface area contributed by atoms with Gasteiger partial charge in [0.15, 0.2) is 0 Å². The highest BCUT2D eigenvalue weighted by Crippen LogP contribution is 2.33. The molecule has 1 rings (SSSR count). The summed E-state index contributed by atoms with van der Waals surface area (Å²) < 4.78 is 42.5. The Kier molecular flexibility index (Phi) is 3.74. The Morgan fingerprint density at radius 3 is 2.64 bits per heavy atom. The molecule has 0 bridgehead atoms. The molecule has 0 radical (unpaired) electrons. The van der Waals surface area contributed by atoms with Crippen LogP contribution in [0.5, 0.6) is 5.75 Å². The molecule has 0 aromatic carbocycles. The van der Waals surface area contributed by atoms with Gasteiger partial charge in [-0.25, -0.2) is 13.8 Å². The van der Waals surface area contributed by atoms with E-state index in [1.807, 2.05) is 0 Å². The molecule has 1 aromatic heterocycles. The lowest BCUT2D eigenvalue weighted by atomic mass is 10.2. The lowest BCUT2D eigenvalue weighted by Crippen LogP contribution is -2.02. The SMILES string of the molecule is COc1c(CBr)cnc(F)c1C(F)F. The van der Waals surface area contributed by atoms with Crippen molar-refractivity contribution in [3.8, 4) is 5.75 Å². The molecule has 0 saturated carbocycles. The number of aromatic nitrogens is 1. The van der Waals surface area contributed by atoms with Crippen LogP contribution in [0, 0.1) is 5.95 Å². The smallest absolute Gasteiger partial charge is 0.271 e. The van der Waals surface area contributed by atoms with Crippen molar-refractivity contribution in [3.63, 3.8) is 0 Å². The maximum absolute atomic E-state index is 12.9. The zero-order valence-corrected chi connectivity index (χ0v) is 8.82. The topological polar surface area (TPSA) is 22.1 Å². The number of ether oxygens (including phenoxy) is 1. The predicted molar refractivity (Wildman–Crippen MR) is 48.3 cm³/mol. The fourth-order valence-electron chi connectivity index (χ4n) is 1.05. The molecule has 14 heavy (non-hydrogen) atoms. The molecule has 0 spiro atoms. The normalized spacial score (nSPS) is 10.7. The Morgan fingerprint density at radius 1 is 1.57 bits per heavy atom. The predicted octanol–water partition coefficient (Wildman–Crippen LogP) is 3.06.